The third kappa shape index (κ3) is 2.34. The largest absolute Gasteiger partial charge is 0.376 e. The molecular weight excluding hydrogens is 244 g/mol. The first kappa shape index (κ1) is 11.5. The van der Waals surface area contributed by atoms with Gasteiger partial charge in [-0.1, -0.05) is 0 Å². The second-order valence-electron chi connectivity index (χ2n) is 4.61. The van der Waals surface area contributed by atoms with E-state index in [-0.39, 0.29) is 5.91 Å². The molecule has 1 aliphatic rings. The summed E-state index contributed by atoms with van der Waals surface area (Å²) in [5.74, 6) is 0.206. The molecule has 4 heteroatoms. The van der Waals surface area contributed by atoms with Crippen LogP contribution in [-0.4, -0.2) is 30.4 Å². The number of carbonyl (C=O) groups is 1. The number of likely N-dealkylation sites (tertiary alicyclic amines) is 1. The molecule has 0 aliphatic carbocycles. The highest BCUT2D eigenvalue weighted by Gasteiger charge is 2.17. The molecule has 0 unspecified atom stereocenters. The summed E-state index contributed by atoms with van der Waals surface area (Å²) in [5.41, 5.74) is 1.02. The van der Waals surface area contributed by atoms with Crippen LogP contribution in [-0.2, 0) is 4.79 Å². The van der Waals surface area contributed by atoms with Crippen LogP contribution in [0.25, 0.3) is 10.1 Å². The molecule has 94 valence electrons. The first-order valence-electron chi connectivity index (χ1n) is 6.32. The van der Waals surface area contributed by atoms with Crippen molar-refractivity contribution in [3.05, 3.63) is 29.6 Å². The Kier molecular flexibility index (Phi) is 3.19. The number of nitrogens with one attached hydrogen (secondary N) is 1. The lowest BCUT2D eigenvalue weighted by atomic mass is 10.2. The number of carbonyl (C=O) groups excluding carboxylic acids is 1. The van der Waals surface area contributed by atoms with E-state index in [0.717, 1.165) is 31.6 Å². The van der Waals surface area contributed by atoms with Gasteiger partial charge in [0.05, 0.1) is 6.54 Å². The Labute approximate surface area is 110 Å². The minimum Gasteiger partial charge on any atom is -0.376 e. The lowest BCUT2D eigenvalue weighted by Crippen LogP contribution is -2.32. The maximum atomic E-state index is 11.9. The Bertz CT molecular complexity index is 558. The third-order valence-electron chi connectivity index (χ3n) is 3.35. The van der Waals surface area contributed by atoms with Crippen molar-refractivity contribution in [1.82, 2.24) is 4.90 Å². The first-order valence-corrected chi connectivity index (χ1v) is 7.20. The average molecular weight is 260 g/mol. The normalized spacial score (nSPS) is 15.2. The number of hydrogen-bond acceptors (Lipinski definition) is 3. The van der Waals surface area contributed by atoms with Gasteiger partial charge in [-0.05, 0) is 47.9 Å². The third-order valence-corrected chi connectivity index (χ3v) is 4.25. The second-order valence-corrected chi connectivity index (χ2v) is 5.56. The molecule has 0 saturated carbocycles. The Morgan fingerprint density at radius 1 is 1.28 bits per heavy atom. The van der Waals surface area contributed by atoms with Crippen molar-refractivity contribution in [2.75, 3.05) is 25.0 Å². The average Bonchev–Trinajstić information content (AvgIpc) is 3.05. The van der Waals surface area contributed by atoms with E-state index < -0.39 is 0 Å². The SMILES string of the molecule is O=C(CNc1ccc2sccc2c1)N1CCCC1. The van der Waals surface area contributed by atoms with Gasteiger partial charge in [0.1, 0.15) is 0 Å². The number of thiophene rings is 1. The predicted molar refractivity (Wildman–Crippen MR) is 76.1 cm³/mol. The van der Waals surface area contributed by atoms with E-state index in [1.165, 1.54) is 10.1 Å². The topological polar surface area (TPSA) is 32.3 Å². The summed E-state index contributed by atoms with van der Waals surface area (Å²) >= 11 is 1.74. The van der Waals surface area contributed by atoms with Gasteiger partial charge in [-0.15, -0.1) is 11.3 Å². The van der Waals surface area contributed by atoms with Gasteiger partial charge < -0.3 is 10.2 Å². The van der Waals surface area contributed by atoms with Gasteiger partial charge >= 0.3 is 0 Å². The van der Waals surface area contributed by atoms with Crippen molar-refractivity contribution in [3.63, 3.8) is 0 Å². The lowest BCUT2D eigenvalue weighted by Gasteiger charge is -2.15. The zero-order valence-corrected chi connectivity index (χ0v) is 11.0. The number of hydrogen-bond donors (Lipinski definition) is 1. The van der Waals surface area contributed by atoms with Crippen molar-refractivity contribution in [2.45, 2.75) is 12.8 Å². The molecule has 1 amide bonds. The van der Waals surface area contributed by atoms with E-state index in [1.54, 1.807) is 11.3 Å². The smallest absolute Gasteiger partial charge is 0.241 e. The summed E-state index contributed by atoms with van der Waals surface area (Å²) < 4.78 is 1.28. The van der Waals surface area contributed by atoms with Crippen LogP contribution in [0.4, 0.5) is 5.69 Å². The first-order chi connectivity index (χ1) is 8.83. The van der Waals surface area contributed by atoms with Crippen LogP contribution in [0.3, 0.4) is 0 Å². The molecule has 1 aromatic heterocycles. The molecule has 18 heavy (non-hydrogen) atoms. The zero-order valence-electron chi connectivity index (χ0n) is 10.2. The summed E-state index contributed by atoms with van der Waals surface area (Å²) in [5, 5.41) is 6.54. The lowest BCUT2D eigenvalue weighted by molar-refractivity contribution is -0.128. The van der Waals surface area contributed by atoms with Crippen LogP contribution in [0.1, 0.15) is 12.8 Å². The fraction of sp³-hybridized carbons (Fsp3) is 0.357. The quantitative estimate of drug-likeness (QED) is 0.920. The van der Waals surface area contributed by atoms with Crippen molar-refractivity contribution < 1.29 is 4.79 Å². The van der Waals surface area contributed by atoms with E-state index in [4.69, 9.17) is 0 Å². The molecule has 2 heterocycles. The van der Waals surface area contributed by atoms with Gasteiger partial charge in [0.2, 0.25) is 5.91 Å². The minimum absolute atomic E-state index is 0.206. The van der Waals surface area contributed by atoms with Gasteiger partial charge in [-0.3, -0.25) is 4.79 Å². The highest BCUT2D eigenvalue weighted by atomic mass is 32.1. The van der Waals surface area contributed by atoms with Crippen LogP contribution in [0.2, 0.25) is 0 Å². The van der Waals surface area contributed by atoms with Crippen LogP contribution in [0, 0.1) is 0 Å². The Morgan fingerprint density at radius 2 is 2.11 bits per heavy atom. The molecule has 2 aromatic rings. The highest BCUT2D eigenvalue weighted by molar-refractivity contribution is 7.17. The fourth-order valence-electron chi connectivity index (χ4n) is 2.33. The summed E-state index contributed by atoms with van der Waals surface area (Å²) in [4.78, 5) is 13.8. The van der Waals surface area contributed by atoms with Crippen LogP contribution >= 0.6 is 11.3 Å². The molecule has 1 aliphatic heterocycles. The predicted octanol–water partition coefficient (Wildman–Crippen LogP) is 2.94. The summed E-state index contributed by atoms with van der Waals surface area (Å²) in [7, 11) is 0. The maximum absolute atomic E-state index is 11.9. The molecule has 0 radical (unpaired) electrons. The van der Waals surface area contributed by atoms with Crippen LogP contribution < -0.4 is 5.32 Å². The number of amides is 1. The number of nitrogens with zero attached hydrogens (tertiary/aromatic N) is 1. The van der Waals surface area contributed by atoms with Gasteiger partial charge in [-0.2, -0.15) is 0 Å². The van der Waals surface area contributed by atoms with Gasteiger partial charge in [0.25, 0.3) is 0 Å². The maximum Gasteiger partial charge on any atom is 0.241 e. The van der Waals surface area contributed by atoms with Gasteiger partial charge in [0.15, 0.2) is 0 Å². The van der Waals surface area contributed by atoms with Crippen molar-refractivity contribution in [1.29, 1.82) is 0 Å². The van der Waals surface area contributed by atoms with Gasteiger partial charge in [0, 0.05) is 23.5 Å². The summed E-state index contributed by atoms with van der Waals surface area (Å²) in [6, 6.07) is 8.34. The number of benzene rings is 1. The van der Waals surface area contributed by atoms with Crippen LogP contribution in [0.15, 0.2) is 29.6 Å². The molecule has 0 spiro atoms. The number of anilines is 1. The number of rotatable bonds is 3. The molecular formula is C14H16N2OS. The summed E-state index contributed by atoms with van der Waals surface area (Å²) in [6.07, 6.45) is 2.29. The fourth-order valence-corrected chi connectivity index (χ4v) is 3.10. The van der Waals surface area contributed by atoms with Crippen LogP contribution in [0.5, 0.6) is 0 Å². The van der Waals surface area contributed by atoms with Crippen molar-refractivity contribution in [3.8, 4) is 0 Å². The van der Waals surface area contributed by atoms with E-state index in [0.29, 0.717) is 6.54 Å². The second kappa shape index (κ2) is 4.98. The molecule has 3 nitrogen and oxygen atoms in total. The molecule has 1 aromatic carbocycles. The molecule has 1 N–H and O–H groups in total. The molecule has 0 atom stereocenters. The Morgan fingerprint density at radius 3 is 2.94 bits per heavy atom. The van der Waals surface area contributed by atoms with Crippen molar-refractivity contribution >= 4 is 33.0 Å². The summed E-state index contributed by atoms with van der Waals surface area (Å²) in [6.45, 7) is 2.24. The monoisotopic (exact) mass is 260 g/mol. The highest BCUT2D eigenvalue weighted by Crippen LogP contribution is 2.23. The van der Waals surface area contributed by atoms with Crippen molar-refractivity contribution in [2.24, 2.45) is 0 Å². The molecule has 0 bridgehead atoms. The Balaban J connectivity index is 1.63. The standard InChI is InChI=1S/C14H16N2OS/c17-14(16-6-1-2-7-16)10-15-12-3-4-13-11(9-12)5-8-18-13/h3-5,8-9,15H,1-2,6-7,10H2. The van der Waals surface area contributed by atoms with E-state index in [1.807, 2.05) is 11.0 Å². The van der Waals surface area contributed by atoms with E-state index in [9.17, 15) is 4.79 Å². The molecule has 3 rings (SSSR count). The Hall–Kier alpha value is -1.55. The molecule has 1 saturated heterocycles. The zero-order chi connectivity index (χ0) is 12.4. The minimum atomic E-state index is 0.206. The van der Waals surface area contributed by atoms with E-state index in [2.05, 4.69) is 28.9 Å². The van der Waals surface area contributed by atoms with E-state index >= 15 is 0 Å². The number of fused-ring (bicyclic) bond motifs is 1. The molecule has 1 fully saturated rings. The van der Waals surface area contributed by atoms with Gasteiger partial charge in [-0.25, -0.2) is 0 Å².